The number of aromatic nitrogens is 2. The molecular weight excluding hydrogens is 220 g/mol. The van der Waals surface area contributed by atoms with Crippen molar-refractivity contribution < 1.29 is 9.53 Å². The molecule has 0 bridgehead atoms. The lowest BCUT2D eigenvalue weighted by Crippen LogP contribution is -2.48. The van der Waals surface area contributed by atoms with Gasteiger partial charge in [0.1, 0.15) is 5.82 Å². The summed E-state index contributed by atoms with van der Waals surface area (Å²) in [5.74, 6) is 0.0963. The molecular formula is C11H16N4O2. The fourth-order valence-electron chi connectivity index (χ4n) is 1.78. The van der Waals surface area contributed by atoms with Crippen LogP contribution in [0.15, 0.2) is 12.1 Å². The van der Waals surface area contributed by atoms with Crippen LogP contribution in [0.1, 0.15) is 30.3 Å². The highest BCUT2D eigenvalue weighted by molar-refractivity contribution is 5.92. The van der Waals surface area contributed by atoms with E-state index in [1.807, 2.05) is 6.92 Å². The maximum Gasteiger partial charge on any atom is 0.272 e. The van der Waals surface area contributed by atoms with Gasteiger partial charge in [-0.05, 0) is 31.9 Å². The fourth-order valence-corrected chi connectivity index (χ4v) is 1.78. The molecule has 1 saturated carbocycles. The first-order chi connectivity index (χ1) is 8.19. The summed E-state index contributed by atoms with van der Waals surface area (Å²) in [6.07, 6.45) is 2.01. The number of ether oxygens (including phenoxy) is 1. The normalized spacial score (nSPS) is 22.9. The second-order valence-corrected chi connectivity index (χ2v) is 4.06. The van der Waals surface area contributed by atoms with Gasteiger partial charge in [-0.3, -0.25) is 4.79 Å². The van der Waals surface area contributed by atoms with Gasteiger partial charge in [0, 0.05) is 12.6 Å². The van der Waals surface area contributed by atoms with E-state index in [9.17, 15) is 4.79 Å². The van der Waals surface area contributed by atoms with Crippen LogP contribution in [0.3, 0.4) is 0 Å². The van der Waals surface area contributed by atoms with Crippen LogP contribution < -0.4 is 11.1 Å². The predicted octanol–water partition coefficient (Wildman–Crippen LogP) is 0.356. The van der Waals surface area contributed by atoms with Gasteiger partial charge in [-0.2, -0.15) is 0 Å². The van der Waals surface area contributed by atoms with Gasteiger partial charge in [0.25, 0.3) is 5.91 Å². The lowest BCUT2D eigenvalue weighted by molar-refractivity contribution is -0.00867. The summed E-state index contributed by atoms with van der Waals surface area (Å²) in [5.41, 5.74) is 5.69. The van der Waals surface area contributed by atoms with Crippen LogP contribution in [0.2, 0.25) is 0 Å². The van der Waals surface area contributed by atoms with Gasteiger partial charge >= 0.3 is 0 Å². The molecule has 0 aliphatic heterocycles. The highest BCUT2D eigenvalue weighted by Gasteiger charge is 2.31. The van der Waals surface area contributed by atoms with Crippen molar-refractivity contribution in [1.82, 2.24) is 15.5 Å². The van der Waals surface area contributed by atoms with Crippen molar-refractivity contribution in [2.24, 2.45) is 0 Å². The van der Waals surface area contributed by atoms with Gasteiger partial charge in [0.05, 0.1) is 6.10 Å². The molecule has 6 heteroatoms. The number of amides is 1. The molecule has 1 heterocycles. The van der Waals surface area contributed by atoms with E-state index >= 15 is 0 Å². The van der Waals surface area contributed by atoms with E-state index in [0.29, 0.717) is 11.5 Å². The van der Waals surface area contributed by atoms with Gasteiger partial charge in [-0.1, -0.05) is 0 Å². The number of carbonyl (C=O) groups excluding carboxylic acids is 1. The Kier molecular flexibility index (Phi) is 3.53. The third-order valence-corrected chi connectivity index (χ3v) is 2.75. The first kappa shape index (κ1) is 11.8. The smallest absolute Gasteiger partial charge is 0.272 e. The van der Waals surface area contributed by atoms with Crippen LogP contribution in [0.5, 0.6) is 0 Å². The molecule has 2 rings (SSSR count). The number of carbonyl (C=O) groups is 1. The lowest BCUT2D eigenvalue weighted by atomic mass is 9.89. The number of nitrogens with one attached hydrogen (secondary N) is 1. The van der Waals surface area contributed by atoms with E-state index in [-0.39, 0.29) is 18.1 Å². The second kappa shape index (κ2) is 5.09. The van der Waals surface area contributed by atoms with Gasteiger partial charge in [0.15, 0.2) is 5.69 Å². The van der Waals surface area contributed by atoms with Crippen molar-refractivity contribution in [3.8, 4) is 0 Å². The third-order valence-electron chi connectivity index (χ3n) is 2.75. The number of nitrogens with zero attached hydrogens (tertiary/aromatic N) is 2. The van der Waals surface area contributed by atoms with Crippen LogP contribution in [0.25, 0.3) is 0 Å². The molecule has 1 aromatic rings. The number of hydrogen-bond donors (Lipinski definition) is 2. The molecule has 0 spiro atoms. The summed E-state index contributed by atoms with van der Waals surface area (Å²) in [6, 6.07) is 3.31. The molecule has 1 aliphatic carbocycles. The zero-order valence-corrected chi connectivity index (χ0v) is 9.72. The van der Waals surface area contributed by atoms with Gasteiger partial charge in [-0.15, -0.1) is 10.2 Å². The molecule has 0 radical (unpaired) electrons. The van der Waals surface area contributed by atoms with Crippen LogP contribution in [-0.2, 0) is 4.74 Å². The summed E-state index contributed by atoms with van der Waals surface area (Å²) < 4.78 is 5.42. The Balaban J connectivity index is 1.81. The third kappa shape index (κ3) is 2.91. The van der Waals surface area contributed by atoms with Gasteiger partial charge in [-0.25, -0.2) is 0 Å². The largest absolute Gasteiger partial charge is 0.382 e. The van der Waals surface area contributed by atoms with Crippen molar-refractivity contribution in [2.75, 3.05) is 12.3 Å². The van der Waals surface area contributed by atoms with Crippen molar-refractivity contribution >= 4 is 11.7 Å². The molecule has 1 aliphatic rings. The van der Waals surface area contributed by atoms with Crippen molar-refractivity contribution in [2.45, 2.75) is 31.9 Å². The Morgan fingerprint density at radius 1 is 1.53 bits per heavy atom. The maximum absolute atomic E-state index is 11.7. The minimum atomic E-state index is -0.211. The zero-order chi connectivity index (χ0) is 12.3. The molecule has 0 atom stereocenters. The molecule has 92 valence electrons. The van der Waals surface area contributed by atoms with E-state index in [4.69, 9.17) is 10.5 Å². The average molecular weight is 236 g/mol. The summed E-state index contributed by atoms with van der Waals surface area (Å²) in [5, 5.41) is 10.2. The average Bonchev–Trinajstić information content (AvgIpc) is 2.27. The van der Waals surface area contributed by atoms with E-state index in [1.165, 1.54) is 0 Å². The number of hydrogen-bond acceptors (Lipinski definition) is 5. The van der Waals surface area contributed by atoms with Crippen LogP contribution in [0.4, 0.5) is 5.82 Å². The molecule has 0 saturated heterocycles. The quantitative estimate of drug-likeness (QED) is 0.787. The molecule has 1 fully saturated rings. The summed E-state index contributed by atoms with van der Waals surface area (Å²) >= 11 is 0. The Labute approximate surface area is 99.6 Å². The fraction of sp³-hybridized carbons (Fsp3) is 0.545. The van der Waals surface area contributed by atoms with Crippen molar-refractivity contribution in [3.63, 3.8) is 0 Å². The molecule has 17 heavy (non-hydrogen) atoms. The van der Waals surface area contributed by atoms with Crippen molar-refractivity contribution in [1.29, 1.82) is 0 Å². The predicted molar refractivity (Wildman–Crippen MR) is 62.3 cm³/mol. The molecule has 0 aromatic carbocycles. The zero-order valence-electron chi connectivity index (χ0n) is 9.72. The SMILES string of the molecule is CCOC1CC(NC(=O)c2ccc(N)nn2)C1. The molecule has 6 nitrogen and oxygen atoms in total. The number of nitrogen functional groups attached to an aromatic ring is 1. The first-order valence-corrected chi connectivity index (χ1v) is 5.70. The van der Waals surface area contributed by atoms with Gasteiger partial charge in [0.2, 0.25) is 0 Å². The maximum atomic E-state index is 11.7. The van der Waals surface area contributed by atoms with E-state index < -0.39 is 0 Å². The Hall–Kier alpha value is -1.69. The second-order valence-electron chi connectivity index (χ2n) is 4.06. The van der Waals surface area contributed by atoms with E-state index in [2.05, 4.69) is 15.5 Å². The van der Waals surface area contributed by atoms with Crippen LogP contribution in [0, 0.1) is 0 Å². The number of nitrogens with two attached hydrogens (primary N) is 1. The summed E-state index contributed by atoms with van der Waals surface area (Å²) in [6.45, 7) is 2.69. The minimum Gasteiger partial charge on any atom is -0.382 e. The lowest BCUT2D eigenvalue weighted by Gasteiger charge is -2.35. The summed E-state index contributed by atoms with van der Waals surface area (Å²) in [4.78, 5) is 11.7. The highest BCUT2D eigenvalue weighted by atomic mass is 16.5. The molecule has 3 N–H and O–H groups in total. The molecule has 1 amide bonds. The van der Waals surface area contributed by atoms with E-state index in [1.54, 1.807) is 12.1 Å². The topological polar surface area (TPSA) is 90.1 Å². The molecule has 1 aromatic heterocycles. The van der Waals surface area contributed by atoms with E-state index in [0.717, 1.165) is 19.4 Å². The summed E-state index contributed by atoms with van der Waals surface area (Å²) in [7, 11) is 0. The van der Waals surface area contributed by atoms with Crippen molar-refractivity contribution in [3.05, 3.63) is 17.8 Å². The Bertz CT molecular complexity index is 387. The monoisotopic (exact) mass is 236 g/mol. The number of rotatable bonds is 4. The Morgan fingerprint density at radius 3 is 2.88 bits per heavy atom. The number of anilines is 1. The standard InChI is InChI=1S/C11H16N4O2/c1-2-17-8-5-7(6-8)13-11(16)9-3-4-10(12)15-14-9/h3-4,7-8H,2,5-6H2,1H3,(H2,12,15)(H,13,16). The highest BCUT2D eigenvalue weighted by Crippen LogP contribution is 2.23. The van der Waals surface area contributed by atoms with Crippen LogP contribution >= 0.6 is 0 Å². The first-order valence-electron chi connectivity index (χ1n) is 5.70. The van der Waals surface area contributed by atoms with Gasteiger partial charge < -0.3 is 15.8 Å². The minimum absolute atomic E-state index is 0.179. The molecule has 0 unspecified atom stereocenters. The van der Waals surface area contributed by atoms with Crippen LogP contribution in [-0.4, -0.2) is 34.9 Å². The Morgan fingerprint density at radius 2 is 2.29 bits per heavy atom.